The van der Waals surface area contributed by atoms with E-state index in [1.165, 1.54) is 11.3 Å². The fourth-order valence-corrected chi connectivity index (χ4v) is 2.72. The Morgan fingerprint density at radius 2 is 2.10 bits per heavy atom. The molecule has 1 aromatic heterocycles. The third kappa shape index (κ3) is 2.60. The van der Waals surface area contributed by atoms with Crippen LogP contribution in [0.15, 0.2) is 42.5 Å². The molecule has 0 saturated heterocycles. The predicted molar refractivity (Wildman–Crippen MR) is 80.0 cm³/mol. The number of nitrogens with two attached hydrogens (primary N) is 1. The van der Waals surface area contributed by atoms with Crippen molar-refractivity contribution in [1.29, 1.82) is 0 Å². The maximum Gasteiger partial charge on any atom is 0.213 e. The molecule has 104 valence electrons. The first-order chi connectivity index (χ1) is 9.76. The van der Waals surface area contributed by atoms with Gasteiger partial charge in [0.1, 0.15) is 0 Å². The van der Waals surface area contributed by atoms with Gasteiger partial charge in [0.2, 0.25) is 5.88 Å². The molecule has 0 spiro atoms. The van der Waals surface area contributed by atoms with Crippen LogP contribution >= 0.6 is 0 Å². The fourth-order valence-electron chi connectivity index (χ4n) is 2.72. The Kier molecular flexibility index (Phi) is 3.56. The van der Waals surface area contributed by atoms with Crippen molar-refractivity contribution in [1.82, 2.24) is 4.98 Å². The molecule has 1 aromatic carbocycles. The first kappa shape index (κ1) is 12.9. The van der Waals surface area contributed by atoms with E-state index < -0.39 is 0 Å². The number of rotatable bonds is 3. The van der Waals surface area contributed by atoms with Gasteiger partial charge in [0.25, 0.3) is 0 Å². The maximum atomic E-state index is 6.16. The van der Waals surface area contributed by atoms with E-state index in [1.807, 2.05) is 18.2 Å². The molecule has 4 nitrogen and oxygen atoms in total. The molecule has 0 aliphatic carbocycles. The minimum absolute atomic E-state index is 0.176. The molecule has 0 fully saturated rings. The molecular weight excluding hydrogens is 250 g/mol. The zero-order valence-corrected chi connectivity index (χ0v) is 11.6. The zero-order chi connectivity index (χ0) is 13.9. The lowest BCUT2D eigenvalue weighted by Gasteiger charge is -2.34. The van der Waals surface area contributed by atoms with Crippen LogP contribution in [-0.2, 0) is 13.0 Å². The molecule has 4 heteroatoms. The van der Waals surface area contributed by atoms with Crippen molar-refractivity contribution in [2.75, 3.05) is 18.6 Å². The van der Waals surface area contributed by atoms with Crippen molar-refractivity contribution in [3.63, 3.8) is 0 Å². The molecule has 0 bridgehead atoms. The lowest BCUT2D eigenvalue weighted by molar-refractivity contribution is 0.396. The summed E-state index contributed by atoms with van der Waals surface area (Å²) < 4.78 is 5.18. The van der Waals surface area contributed by atoms with E-state index in [0.717, 1.165) is 25.2 Å². The highest BCUT2D eigenvalue weighted by atomic mass is 16.5. The minimum atomic E-state index is 0.176. The molecule has 1 atom stereocenters. The SMILES string of the molecule is COc1cccc(CN2CC(N)Cc3ccccc32)n1. The number of methoxy groups -OCH3 is 1. The molecule has 1 unspecified atom stereocenters. The Morgan fingerprint density at radius 1 is 1.25 bits per heavy atom. The van der Waals surface area contributed by atoms with Gasteiger partial charge >= 0.3 is 0 Å². The average molecular weight is 269 g/mol. The predicted octanol–water partition coefficient (Wildman–Crippen LogP) is 1.98. The molecule has 20 heavy (non-hydrogen) atoms. The summed E-state index contributed by atoms with van der Waals surface area (Å²) >= 11 is 0. The van der Waals surface area contributed by atoms with E-state index in [9.17, 15) is 0 Å². The van der Waals surface area contributed by atoms with Crippen molar-refractivity contribution in [2.45, 2.75) is 19.0 Å². The summed E-state index contributed by atoms with van der Waals surface area (Å²) in [6, 6.07) is 14.5. The lowest BCUT2D eigenvalue weighted by atomic mass is 9.98. The van der Waals surface area contributed by atoms with Crippen molar-refractivity contribution in [3.05, 3.63) is 53.7 Å². The third-order valence-corrected chi connectivity index (χ3v) is 3.61. The van der Waals surface area contributed by atoms with E-state index in [0.29, 0.717) is 5.88 Å². The van der Waals surface area contributed by atoms with Crippen LogP contribution in [0.4, 0.5) is 5.69 Å². The second kappa shape index (κ2) is 5.51. The van der Waals surface area contributed by atoms with Crippen molar-refractivity contribution < 1.29 is 4.74 Å². The van der Waals surface area contributed by atoms with Crippen LogP contribution in [0.3, 0.4) is 0 Å². The first-order valence-electron chi connectivity index (χ1n) is 6.84. The Balaban J connectivity index is 1.87. The third-order valence-electron chi connectivity index (χ3n) is 3.61. The van der Waals surface area contributed by atoms with Crippen LogP contribution in [0.1, 0.15) is 11.3 Å². The Labute approximate surface area is 119 Å². The Bertz CT molecular complexity index is 600. The maximum absolute atomic E-state index is 6.16. The van der Waals surface area contributed by atoms with E-state index >= 15 is 0 Å². The van der Waals surface area contributed by atoms with E-state index in [2.05, 4.69) is 34.1 Å². The van der Waals surface area contributed by atoms with Crippen LogP contribution in [0.2, 0.25) is 0 Å². The van der Waals surface area contributed by atoms with E-state index in [1.54, 1.807) is 7.11 Å². The van der Waals surface area contributed by atoms with Crippen molar-refractivity contribution in [2.24, 2.45) is 5.73 Å². The summed E-state index contributed by atoms with van der Waals surface area (Å²) in [6.07, 6.45) is 0.943. The summed E-state index contributed by atoms with van der Waals surface area (Å²) in [7, 11) is 1.64. The largest absolute Gasteiger partial charge is 0.481 e. The number of fused-ring (bicyclic) bond motifs is 1. The normalized spacial score (nSPS) is 17.7. The van der Waals surface area contributed by atoms with Gasteiger partial charge in [-0.1, -0.05) is 24.3 Å². The van der Waals surface area contributed by atoms with Gasteiger partial charge in [-0.25, -0.2) is 4.98 Å². The number of anilines is 1. The molecule has 0 radical (unpaired) electrons. The average Bonchev–Trinajstić information content (AvgIpc) is 2.47. The van der Waals surface area contributed by atoms with Crippen LogP contribution in [-0.4, -0.2) is 24.7 Å². The van der Waals surface area contributed by atoms with Gasteiger partial charge in [-0.2, -0.15) is 0 Å². The number of hydrogen-bond acceptors (Lipinski definition) is 4. The number of para-hydroxylation sites is 1. The summed E-state index contributed by atoms with van der Waals surface area (Å²) in [6.45, 7) is 1.61. The van der Waals surface area contributed by atoms with Gasteiger partial charge < -0.3 is 15.4 Å². The Morgan fingerprint density at radius 3 is 2.95 bits per heavy atom. The molecule has 0 amide bonds. The number of ether oxygens (including phenoxy) is 1. The van der Waals surface area contributed by atoms with Crippen LogP contribution in [0.5, 0.6) is 5.88 Å². The zero-order valence-electron chi connectivity index (χ0n) is 11.6. The Hall–Kier alpha value is -2.07. The molecule has 1 aliphatic rings. The van der Waals surface area contributed by atoms with Gasteiger partial charge in [-0.3, -0.25) is 0 Å². The van der Waals surface area contributed by atoms with Gasteiger partial charge in [-0.15, -0.1) is 0 Å². The standard InChI is InChI=1S/C16H19N3O/c1-20-16-8-4-6-14(18-16)11-19-10-13(17)9-12-5-2-3-7-15(12)19/h2-8,13H,9-11,17H2,1H3. The van der Waals surface area contributed by atoms with E-state index in [-0.39, 0.29) is 6.04 Å². The molecular formula is C16H19N3O. The van der Waals surface area contributed by atoms with E-state index in [4.69, 9.17) is 10.5 Å². The quantitative estimate of drug-likeness (QED) is 0.925. The molecule has 2 N–H and O–H groups in total. The van der Waals surface area contributed by atoms with Crippen LogP contribution < -0.4 is 15.4 Å². The molecule has 2 heterocycles. The second-order valence-electron chi connectivity index (χ2n) is 5.14. The van der Waals surface area contributed by atoms with Gasteiger partial charge in [0, 0.05) is 24.3 Å². The highest BCUT2D eigenvalue weighted by Crippen LogP contribution is 2.27. The summed E-state index contributed by atoms with van der Waals surface area (Å²) in [5.41, 5.74) is 9.73. The van der Waals surface area contributed by atoms with Gasteiger partial charge in [-0.05, 0) is 24.1 Å². The number of hydrogen-bond donors (Lipinski definition) is 1. The molecule has 1 aliphatic heterocycles. The summed E-state index contributed by atoms with van der Waals surface area (Å²) in [5.74, 6) is 0.650. The minimum Gasteiger partial charge on any atom is -0.481 e. The monoisotopic (exact) mass is 269 g/mol. The molecule has 3 rings (SSSR count). The number of nitrogens with zero attached hydrogens (tertiary/aromatic N) is 2. The molecule has 2 aromatic rings. The highest BCUT2D eigenvalue weighted by Gasteiger charge is 2.21. The lowest BCUT2D eigenvalue weighted by Crippen LogP contribution is -2.43. The molecule has 0 saturated carbocycles. The van der Waals surface area contributed by atoms with Crippen molar-refractivity contribution >= 4 is 5.69 Å². The summed E-state index contributed by atoms with van der Waals surface area (Å²) in [4.78, 5) is 6.78. The van der Waals surface area contributed by atoms with Gasteiger partial charge in [0.05, 0.1) is 19.3 Å². The summed E-state index contributed by atoms with van der Waals surface area (Å²) in [5, 5.41) is 0. The number of benzene rings is 1. The van der Waals surface area contributed by atoms with Crippen molar-refractivity contribution in [3.8, 4) is 5.88 Å². The number of aromatic nitrogens is 1. The second-order valence-corrected chi connectivity index (χ2v) is 5.14. The smallest absolute Gasteiger partial charge is 0.213 e. The first-order valence-corrected chi connectivity index (χ1v) is 6.84. The van der Waals surface area contributed by atoms with Gasteiger partial charge in [0.15, 0.2) is 0 Å². The highest BCUT2D eigenvalue weighted by molar-refractivity contribution is 5.56. The topological polar surface area (TPSA) is 51.4 Å². The van der Waals surface area contributed by atoms with Crippen LogP contribution in [0.25, 0.3) is 0 Å². The van der Waals surface area contributed by atoms with Crippen LogP contribution in [0, 0.1) is 0 Å². The number of pyridine rings is 1. The fraction of sp³-hybridized carbons (Fsp3) is 0.312.